The van der Waals surface area contributed by atoms with Crippen LogP contribution in [-0.2, 0) is 19.1 Å². The quantitative estimate of drug-likeness (QED) is 0.784. The number of aliphatic carboxylic acids is 1. The van der Waals surface area contributed by atoms with Crippen LogP contribution in [0.1, 0.15) is 33.6 Å². The van der Waals surface area contributed by atoms with Gasteiger partial charge in [-0.05, 0) is 39.0 Å². The minimum absolute atomic E-state index is 0.230. The van der Waals surface area contributed by atoms with Gasteiger partial charge in [0, 0.05) is 12.1 Å². The average molecular weight is 325 g/mol. The summed E-state index contributed by atoms with van der Waals surface area (Å²) in [4.78, 5) is 34.8. The van der Waals surface area contributed by atoms with Crippen molar-refractivity contribution in [1.82, 2.24) is 0 Å². The summed E-state index contributed by atoms with van der Waals surface area (Å²) in [6, 6.07) is 5.26. The lowest BCUT2D eigenvalue weighted by Crippen LogP contribution is -2.32. The lowest BCUT2D eigenvalue weighted by molar-refractivity contribution is -0.163. The van der Waals surface area contributed by atoms with Crippen LogP contribution in [-0.4, -0.2) is 28.6 Å². The van der Waals surface area contributed by atoms with E-state index in [0.29, 0.717) is 0 Å². The van der Waals surface area contributed by atoms with Crippen molar-refractivity contribution in [3.63, 3.8) is 0 Å². The number of ether oxygens (including phenoxy) is 1. The topological polar surface area (TPSA) is 92.7 Å². The molecular weight excluding hydrogens is 305 g/mol. The Balaban J connectivity index is 2.74. The molecule has 0 aliphatic rings. The number of carboxylic acids is 1. The van der Waals surface area contributed by atoms with E-state index >= 15 is 0 Å². The van der Waals surface area contributed by atoms with Crippen LogP contribution < -0.4 is 5.32 Å². The molecule has 0 aliphatic heterocycles. The highest BCUT2D eigenvalue weighted by molar-refractivity contribution is 5.94. The lowest BCUT2D eigenvalue weighted by Gasteiger charge is -2.23. The van der Waals surface area contributed by atoms with E-state index in [1.165, 1.54) is 18.2 Å². The van der Waals surface area contributed by atoms with Crippen LogP contribution in [0.25, 0.3) is 0 Å². The van der Waals surface area contributed by atoms with Gasteiger partial charge in [-0.2, -0.15) is 0 Å². The van der Waals surface area contributed by atoms with Crippen LogP contribution in [0, 0.1) is 11.7 Å². The van der Waals surface area contributed by atoms with Gasteiger partial charge in [0.1, 0.15) is 11.4 Å². The fraction of sp³-hybridized carbons (Fsp3) is 0.438. The van der Waals surface area contributed by atoms with E-state index in [4.69, 9.17) is 9.84 Å². The van der Waals surface area contributed by atoms with E-state index in [2.05, 4.69) is 5.32 Å². The highest BCUT2D eigenvalue weighted by Crippen LogP contribution is 2.18. The number of carboxylic acid groups (broad SMARTS) is 1. The van der Waals surface area contributed by atoms with E-state index < -0.39 is 41.6 Å². The number of hydrogen-bond donors (Lipinski definition) is 2. The summed E-state index contributed by atoms with van der Waals surface area (Å²) in [6.45, 7) is 4.95. The van der Waals surface area contributed by atoms with Crippen molar-refractivity contribution in [2.75, 3.05) is 5.32 Å². The predicted octanol–water partition coefficient (Wildman–Crippen LogP) is 2.59. The molecule has 1 aromatic carbocycles. The second-order valence-corrected chi connectivity index (χ2v) is 6.09. The zero-order chi connectivity index (χ0) is 17.6. The molecule has 1 unspecified atom stereocenters. The monoisotopic (exact) mass is 325 g/mol. The molecule has 0 bridgehead atoms. The number of anilines is 1. The summed E-state index contributed by atoms with van der Waals surface area (Å²) in [5.41, 5.74) is -0.555. The summed E-state index contributed by atoms with van der Waals surface area (Å²) in [5.74, 6) is -4.18. The van der Waals surface area contributed by atoms with Crippen LogP contribution >= 0.6 is 0 Å². The largest absolute Gasteiger partial charge is 0.481 e. The fourth-order valence-corrected chi connectivity index (χ4v) is 1.84. The van der Waals surface area contributed by atoms with Crippen molar-refractivity contribution in [3.8, 4) is 0 Å². The third kappa shape index (κ3) is 7.39. The number of hydrogen-bond acceptors (Lipinski definition) is 4. The Bertz CT molecular complexity index is 594. The van der Waals surface area contributed by atoms with E-state index in [-0.39, 0.29) is 12.1 Å². The first-order valence-electron chi connectivity index (χ1n) is 7.07. The van der Waals surface area contributed by atoms with Crippen molar-refractivity contribution >= 4 is 23.5 Å². The Labute approximate surface area is 133 Å². The van der Waals surface area contributed by atoms with Gasteiger partial charge in [-0.1, -0.05) is 6.07 Å². The third-order valence-corrected chi connectivity index (χ3v) is 2.70. The van der Waals surface area contributed by atoms with Crippen molar-refractivity contribution in [2.45, 2.75) is 39.2 Å². The zero-order valence-corrected chi connectivity index (χ0v) is 13.3. The molecule has 1 rings (SSSR count). The summed E-state index contributed by atoms with van der Waals surface area (Å²) in [5, 5.41) is 11.3. The van der Waals surface area contributed by atoms with Crippen LogP contribution in [0.5, 0.6) is 0 Å². The molecule has 0 aromatic heterocycles. The number of esters is 1. The molecule has 1 atom stereocenters. The van der Waals surface area contributed by atoms with Gasteiger partial charge < -0.3 is 15.2 Å². The van der Waals surface area contributed by atoms with Crippen LogP contribution in [0.4, 0.5) is 10.1 Å². The molecule has 0 radical (unpaired) electrons. The second-order valence-electron chi connectivity index (χ2n) is 6.09. The standard InChI is InChI=1S/C16H20FNO5/c1-16(2,3)23-15(22)10(8-14(20)21)7-13(19)18-12-6-4-5-11(17)9-12/h4-6,9-10H,7-8H2,1-3H3,(H,18,19)(H,20,21). The van der Waals surface area contributed by atoms with E-state index in [9.17, 15) is 18.8 Å². The van der Waals surface area contributed by atoms with Crippen LogP contribution in [0.2, 0.25) is 0 Å². The summed E-state index contributed by atoms with van der Waals surface area (Å²) in [6.07, 6.45) is -0.886. The first kappa shape index (κ1) is 18.6. The van der Waals surface area contributed by atoms with Crippen molar-refractivity contribution < 1.29 is 28.6 Å². The maximum Gasteiger partial charge on any atom is 0.310 e. The normalized spacial score (nSPS) is 12.3. The first-order chi connectivity index (χ1) is 10.6. The number of carbonyl (C=O) groups is 3. The van der Waals surface area contributed by atoms with Gasteiger partial charge in [0.25, 0.3) is 0 Å². The Morgan fingerprint density at radius 3 is 2.43 bits per heavy atom. The average Bonchev–Trinajstić information content (AvgIpc) is 2.35. The SMILES string of the molecule is CC(C)(C)OC(=O)C(CC(=O)O)CC(=O)Nc1cccc(F)c1. The third-order valence-electron chi connectivity index (χ3n) is 2.70. The molecule has 1 aromatic rings. The van der Waals surface area contributed by atoms with Gasteiger partial charge in [-0.3, -0.25) is 14.4 Å². The van der Waals surface area contributed by atoms with E-state index in [0.717, 1.165) is 6.07 Å². The number of rotatable bonds is 6. The molecule has 1 amide bonds. The van der Waals surface area contributed by atoms with Gasteiger partial charge in [0.2, 0.25) is 5.91 Å². The zero-order valence-electron chi connectivity index (χ0n) is 13.3. The smallest absolute Gasteiger partial charge is 0.310 e. The lowest BCUT2D eigenvalue weighted by atomic mass is 10.0. The predicted molar refractivity (Wildman–Crippen MR) is 81.2 cm³/mol. The van der Waals surface area contributed by atoms with Gasteiger partial charge in [-0.25, -0.2) is 4.39 Å². The summed E-state index contributed by atoms with van der Waals surface area (Å²) in [7, 11) is 0. The molecule has 7 heteroatoms. The number of carbonyl (C=O) groups excluding carboxylic acids is 2. The van der Waals surface area contributed by atoms with Gasteiger partial charge in [0.15, 0.2) is 0 Å². The molecule has 6 nitrogen and oxygen atoms in total. The summed E-state index contributed by atoms with van der Waals surface area (Å²) < 4.78 is 18.2. The number of benzene rings is 1. The minimum atomic E-state index is -1.21. The Kier molecular flexibility index (Phi) is 6.24. The van der Waals surface area contributed by atoms with E-state index in [1.54, 1.807) is 20.8 Å². The Morgan fingerprint density at radius 1 is 1.26 bits per heavy atom. The molecule has 0 saturated heterocycles. The van der Waals surface area contributed by atoms with Crippen molar-refractivity contribution in [2.24, 2.45) is 5.92 Å². The summed E-state index contributed by atoms with van der Waals surface area (Å²) >= 11 is 0. The van der Waals surface area contributed by atoms with Gasteiger partial charge in [0.05, 0.1) is 12.3 Å². The molecule has 23 heavy (non-hydrogen) atoms. The van der Waals surface area contributed by atoms with E-state index in [1.807, 2.05) is 0 Å². The molecule has 0 heterocycles. The van der Waals surface area contributed by atoms with Crippen LogP contribution in [0.3, 0.4) is 0 Å². The molecule has 0 saturated carbocycles. The molecule has 2 N–H and O–H groups in total. The highest BCUT2D eigenvalue weighted by atomic mass is 19.1. The Hall–Kier alpha value is -2.44. The minimum Gasteiger partial charge on any atom is -0.481 e. The molecule has 0 spiro atoms. The van der Waals surface area contributed by atoms with Crippen molar-refractivity contribution in [3.05, 3.63) is 30.1 Å². The van der Waals surface area contributed by atoms with Crippen LogP contribution in [0.15, 0.2) is 24.3 Å². The highest BCUT2D eigenvalue weighted by Gasteiger charge is 2.29. The number of nitrogens with one attached hydrogen (secondary N) is 1. The maximum absolute atomic E-state index is 13.1. The molecule has 0 aliphatic carbocycles. The number of amides is 1. The van der Waals surface area contributed by atoms with Gasteiger partial charge >= 0.3 is 11.9 Å². The molecular formula is C16H20FNO5. The Morgan fingerprint density at radius 2 is 1.91 bits per heavy atom. The number of halogens is 1. The second kappa shape index (κ2) is 7.71. The molecule has 0 fully saturated rings. The maximum atomic E-state index is 13.1. The molecule has 126 valence electrons. The fourth-order valence-electron chi connectivity index (χ4n) is 1.84. The first-order valence-corrected chi connectivity index (χ1v) is 7.07. The van der Waals surface area contributed by atoms with Gasteiger partial charge in [-0.15, -0.1) is 0 Å². The van der Waals surface area contributed by atoms with Crippen molar-refractivity contribution in [1.29, 1.82) is 0 Å².